The molecule has 4 atom stereocenters. The first-order valence-electron chi connectivity index (χ1n) is 10.0. The molecule has 3 aliphatic heterocycles. The van der Waals surface area contributed by atoms with Gasteiger partial charge < -0.3 is 9.64 Å². The van der Waals surface area contributed by atoms with Gasteiger partial charge in [0.25, 0.3) is 0 Å². The largest absolute Gasteiger partial charge is 0.373 e. The minimum absolute atomic E-state index is 0.142. The molecular weight excluding hydrogens is 342 g/mol. The van der Waals surface area contributed by atoms with Crippen molar-refractivity contribution >= 4 is 11.6 Å². The first-order valence-corrected chi connectivity index (χ1v) is 10.0. The van der Waals surface area contributed by atoms with E-state index in [9.17, 15) is 4.79 Å². The SMILES string of the molecule is Cc1cc2ncc3c(n2n1)C[C@@H]1CC[C@@H]3N1C(=O)CN1C[C@@H](C)O[C@@H](C)C1. The van der Waals surface area contributed by atoms with Gasteiger partial charge in [0.15, 0.2) is 5.65 Å². The molecule has 3 aliphatic rings. The van der Waals surface area contributed by atoms with E-state index in [2.05, 4.69) is 33.7 Å². The standard InChI is InChI=1S/C20H27N5O2/c1-12-6-19-21-8-16-17-5-4-15(7-18(16)25(19)22-12)24(17)20(26)11-23-9-13(2)27-14(3)10-23/h6,8,13-15,17H,4-5,7,9-11H2,1-3H3/t13-,14+,15-,17-/m0/s1. The van der Waals surface area contributed by atoms with E-state index in [1.807, 2.05) is 23.7 Å². The van der Waals surface area contributed by atoms with Crippen LogP contribution >= 0.6 is 0 Å². The molecule has 0 aromatic carbocycles. The lowest BCUT2D eigenvalue weighted by Gasteiger charge is -2.39. The van der Waals surface area contributed by atoms with E-state index in [4.69, 9.17) is 4.74 Å². The number of amides is 1. The molecule has 2 aromatic heterocycles. The lowest BCUT2D eigenvalue weighted by Crippen LogP contribution is -2.52. The van der Waals surface area contributed by atoms with Crippen molar-refractivity contribution in [2.45, 2.75) is 64.3 Å². The smallest absolute Gasteiger partial charge is 0.237 e. The van der Waals surface area contributed by atoms with Crippen LogP contribution in [0.25, 0.3) is 5.65 Å². The number of rotatable bonds is 2. The van der Waals surface area contributed by atoms with Crippen LogP contribution in [0.2, 0.25) is 0 Å². The number of carbonyl (C=O) groups is 1. The summed E-state index contributed by atoms with van der Waals surface area (Å²) in [6.07, 6.45) is 5.28. The van der Waals surface area contributed by atoms with Crippen LogP contribution in [0.3, 0.4) is 0 Å². The summed E-state index contributed by atoms with van der Waals surface area (Å²) in [6.45, 7) is 8.29. The van der Waals surface area contributed by atoms with Crippen LogP contribution in [0.5, 0.6) is 0 Å². The third kappa shape index (κ3) is 2.84. The van der Waals surface area contributed by atoms with E-state index in [0.717, 1.165) is 43.7 Å². The molecule has 0 aliphatic carbocycles. The number of hydrogen-bond donors (Lipinski definition) is 0. The number of carbonyl (C=O) groups excluding carboxylic acids is 1. The van der Waals surface area contributed by atoms with Crippen molar-refractivity contribution in [3.8, 4) is 0 Å². The summed E-state index contributed by atoms with van der Waals surface area (Å²) in [4.78, 5) is 22.2. The molecule has 2 bridgehead atoms. The van der Waals surface area contributed by atoms with Crippen LogP contribution in [-0.2, 0) is 16.0 Å². The van der Waals surface area contributed by atoms with E-state index in [1.54, 1.807) is 0 Å². The van der Waals surface area contributed by atoms with Crippen molar-refractivity contribution < 1.29 is 9.53 Å². The molecule has 2 saturated heterocycles. The molecule has 7 nitrogen and oxygen atoms in total. The van der Waals surface area contributed by atoms with E-state index in [0.29, 0.717) is 6.54 Å². The number of fused-ring (bicyclic) bond motifs is 6. The average Bonchev–Trinajstić information content (AvgIpc) is 3.13. The van der Waals surface area contributed by atoms with Crippen molar-refractivity contribution in [1.82, 2.24) is 24.4 Å². The molecule has 1 amide bonds. The molecule has 2 fully saturated rings. The van der Waals surface area contributed by atoms with Crippen LogP contribution in [-0.4, -0.2) is 68.2 Å². The quantitative estimate of drug-likeness (QED) is 0.807. The Bertz CT molecular complexity index is 884. The molecule has 0 radical (unpaired) electrons. The average molecular weight is 369 g/mol. The highest BCUT2D eigenvalue weighted by atomic mass is 16.5. The second kappa shape index (κ2) is 6.27. The maximum Gasteiger partial charge on any atom is 0.237 e. The second-order valence-corrected chi connectivity index (χ2v) is 8.42. The second-order valence-electron chi connectivity index (χ2n) is 8.42. The first-order chi connectivity index (χ1) is 13.0. The predicted octanol–water partition coefficient (Wildman–Crippen LogP) is 1.74. The molecule has 2 aromatic rings. The lowest BCUT2D eigenvalue weighted by atomic mass is 9.99. The summed E-state index contributed by atoms with van der Waals surface area (Å²) < 4.78 is 7.79. The Labute approximate surface area is 159 Å². The normalized spacial score (nSPS) is 30.7. The van der Waals surface area contributed by atoms with Gasteiger partial charge in [0.05, 0.1) is 36.2 Å². The van der Waals surface area contributed by atoms with Gasteiger partial charge in [0, 0.05) is 43.4 Å². The Morgan fingerprint density at radius 3 is 2.81 bits per heavy atom. The number of hydrogen-bond acceptors (Lipinski definition) is 5. The maximum absolute atomic E-state index is 13.2. The maximum atomic E-state index is 13.2. The highest BCUT2D eigenvalue weighted by Crippen LogP contribution is 2.43. The zero-order valence-electron chi connectivity index (χ0n) is 16.3. The van der Waals surface area contributed by atoms with Crippen LogP contribution < -0.4 is 0 Å². The fourth-order valence-electron chi connectivity index (χ4n) is 5.27. The number of morpholine rings is 1. The number of aromatic nitrogens is 3. The number of ether oxygens (including phenoxy) is 1. The highest BCUT2D eigenvalue weighted by molar-refractivity contribution is 5.80. The van der Waals surface area contributed by atoms with Crippen molar-refractivity contribution in [3.63, 3.8) is 0 Å². The molecule has 27 heavy (non-hydrogen) atoms. The Morgan fingerprint density at radius 1 is 1.26 bits per heavy atom. The van der Waals surface area contributed by atoms with Gasteiger partial charge in [-0.05, 0) is 33.6 Å². The van der Waals surface area contributed by atoms with E-state index >= 15 is 0 Å². The van der Waals surface area contributed by atoms with Gasteiger partial charge in [-0.2, -0.15) is 5.10 Å². The Morgan fingerprint density at radius 2 is 2.04 bits per heavy atom. The van der Waals surface area contributed by atoms with Gasteiger partial charge in [-0.1, -0.05) is 0 Å². The monoisotopic (exact) mass is 369 g/mol. The lowest BCUT2D eigenvalue weighted by molar-refractivity contribution is -0.139. The summed E-state index contributed by atoms with van der Waals surface area (Å²) in [7, 11) is 0. The highest BCUT2D eigenvalue weighted by Gasteiger charge is 2.44. The minimum atomic E-state index is 0.142. The summed E-state index contributed by atoms with van der Waals surface area (Å²) in [5, 5.41) is 4.63. The summed E-state index contributed by atoms with van der Waals surface area (Å²) in [6, 6.07) is 2.44. The van der Waals surface area contributed by atoms with Gasteiger partial charge in [0.1, 0.15) is 0 Å². The van der Waals surface area contributed by atoms with Crippen molar-refractivity contribution in [3.05, 3.63) is 29.2 Å². The minimum Gasteiger partial charge on any atom is -0.373 e. The van der Waals surface area contributed by atoms with Crippen molar-refractivity contribution in [2.75, 3.05) is 19.6 Å². The van der Waals surface area contributed by atoms with Gasteiger partial charge >= 0.3 is 0 Å². The van der Waals surface area contributed by atoms with Crippen LogP contribution in [0.15, 0.2) is 12.3 Å². The zero-order chi connectivity index (χ0) is 18.7. The molecule has 0 spiro atoms. The van der Waals surface area contributed by atoms with E-state index in [1.165, 1.54) is 11.3 Å². The van der Waals surface area contributed by atoms with Gasteiger partial charge in [-0.25, -0.2) is 9.50 Å². The fraction of sp³-hybridized carbons (Fsp3) is 0.650. The fourth-order valence-corrected chi connectivity index (χ4v) is 5.27. The first kappa shape index (κ1) is 17.1. The summed E-state index contributed by atoms with van der Waals surface area (Å²) >= 11 is 0. The van der Waals surface area contributed by atoms with Crippen LogP contribution in [0, 0.1) is 6.92 Å². The van der Waals surface area contributed by atoms with Crippen LogP contribution in [0.1, 0.15) is 49.7 Å². The molecule has 144 valence electrons. The third-order valence-electron chi connectivity index (χ3n) is 6.17. The van der Waals surface area contributed by atoms with Gasteiger partial charge in [0.2, 0.25) is 5.91 Å². The summed E-state index contributed by atoms with van der Waals surface area (Å²) in [5.41, 5.74) is 4.30. The van der Waals surface area contributed by atoms with Crippen LogP contribution in [0.4, 0.5) is 0 Å². The summed E-state index contributed by atoms with van der Waals surface area (Å²) in [5.74, 6) is 0.242. The third-order valence-corrected chi connectivity index (χ3v) is 6.17. The van der Waals surface area contributed by atoms with Crippen molar-refractivity contribution in [1.29, 1.82) is 0 Å². The molecule has 5 rings (SSSR count). The van der Waals surface area contributed by atoms with E-state index < -0.39 is 0 Å². The zero-order valence-corrected chi connectivity index (χ0v) is 16.3. The molecular formula is C20H27N5O2. The van der Waals surface area contributed by atoms with E-state index in [-0.39, 0.29) is 30.2 Å². The Hall–Kier alpha value is -1.99. The molecule has 0 N–H and O–H groups in total. The Balaban J connectivity index is 1.41. The van der Waals surface area contributed by atoms with Gasteiger partial charge in [-0.3, -0.25) is 9.69 Å². The molecule has 5 heterocycles. The molecule has 0 saturated carbocycles. The Kier molecular flexibility index (Phi) is 3.98. The molecule has 0 unspecified atom stereocenters. The van der Waals surface area contributed by atoms with Gasteiger partial charge in [-0.15, -0.1) is 0 Å². The predicted molar refractivity (Wildman–Crippen MR) is 100 cm³/mol. The number of nitrogens with zero attached hydrogens (tertiary/aromatic N) is 5. The van der Waals surface area contributed by atoms with Crippen molar-refractivity contribution in [2.24, 2.45) is 0 Å². The topological polar surface area (TPSA) is 63.0 Å². The number of aryl methyl sites for hydroxylation is 1. The molecule has 7 heteroatoms.